The predicted octanol–water partition coefficient (Wildman–Crippen LogP) is 3.21. The van der Waals surface area contributed by atoms with Crippen LogP contribution in [0, 0.1) is 6.92 Å². The first-order chi connectivity index (χ1) is 16.6. The molecular formula is C23H25N7O4. The Kier molecular flexibility index (Phi) is 6.09. The highest BCUT2D eigenvalue weighted by atomic mass is 16.5. The molecule has 0 radical (unpaired) electrons. The summed E-state index contributed by atoms with van der Waals surface area (Å²) < 4.78 is 13.0. The Balaban J connectivity index is 1.19. The number of anilines is 1. The Morgan fingerprint density at radius 2 is 1.97 bits per heavy atom. The van der Waals surface area contributed by atoms with Gasteiger partial charge in [0.2, 0.25) is 0 Å². The van der Waals surface area contributed by atoms with Gasteiger partial charge in [-0.15, -0.1) is 0 Å². The number of hydrogen-bond donors (Lipinski definition) is 1. The van der Waals surface area contributed by atoms with E-state index in [4.69, 9.17) is 9.47 Å². The molecule has 0 bridgehead atoms. The van der Waals surface area contributed by atoms with E-state index in [2.05, 4.69) is 20.3 Å². The van der Waals surface area contributed by atoms with Crippen LogP contribution in [-0.4, -0.2) is 73.7 Å². The Morgan fingerprint density at radius 3 is 2.71 bits per heavy atom. The summed E-state index contributed by atoms with van der Waals surface area (Å²) in [5.74, 6) is 2.10. The van der Waals surface area contributed by atoms with Crippen molar-refractivity contribution < 1.29 is 19.1 Å². The number of urea groups is 2. The van der Waals surface area contributed by atoms with Gasteiger partial charge >= 0.3 is 12.1 Å². The van der Waals surface area contributed by atoms with Crippen LogP contribution in [0.5, 0.6) is 11.5 Å². The second kappa shape index (κ2) is 9.48. The van der Waals surface area contributed by atoms with E-state index in [1.807, 2.05) is 17.7 Å². The summed E-state index contributed by atoms with van der Waals surface area (Å²) in [5.41, 5.74) is 0.891. The Hall–Kier alpha value is -3.99. The van der Waals surface area contributed by atoms with E-state index in [1.165, 1.54) is 11.1 Å². The molecule has 5 rings (SSSR count). The fourth-order valence-electron chi connectivity index (χ4n) is 4.06. The molecule has 4 amide bonds. The van der Waals surface area contributed by atoms with Crippen molar-refractivity contribution in [2.24, 2.45) is 0 Å². The molecule has 176 valence electrons. The minimum Gasteiger partial charge on any atom is -0.456 e. The number of aryl methyl sites for hydroxylation is 1. The first-order valence-corrected chi connectivity index (χ1v) is 11.1. The molecule has 2 aliphatic rings. The normalized spacial score (nSPS) is 16.7. The van der Waals surface area contributed by atoms with Gasteiger partial charge < -0.3 is 14.4 Å². The zero-order valence-electron chi connectivity index (χ0n) is 18.8. The molecule has 0 saturated carbocycles. The van der Waals surface area contributed by atoms with Crippen molar-refractivity contribution in [3.8, 4) is 17.3 Å². The van der Waals surface area contributed by atoms with Gasteiger partial charge in [-0.2, -0.15) is 0 Å². The molecule has 11 nitrogen and oxygen atoms in total. The van der Waals surface area contributed by atoms with E-state index in [0.29, 0.717) is 49.4 Å². The Labute approximate surface area is 196 Å². The van der Waals surface area contributed by atoms with Crippen LogP contribution >= 0.6 is 0 Å². The van der Waals surface area contributed by atoms with Gasteiger partial charge in [0.05, 0.1) is 11.9 Å². The molecule has 2 aliphatic heterocycles. The van der Waals surface area contributed by atoms with Crippen LogP contribution in [-0.2, 0) is 4.74 Å². The van der Waals surface area contributed by atoms with Crippen LogP contribution in [0.3, 0.4) is 0 Å². The van der Waals surface area contributed by atoms with Crippen molar-refractivity contribution in [3.63, 3.8) is 0 Å². The van der Waals surface area contributed by atoms with Crippen LogP contribution in [0.1, 0.15) is 18.5 Å². The summed E-state index contributed by atoms with van der Waals surface area (Å²) in [4.78, 5) is 41.2. The molecule has 0 spiro atoms. The highest BCUT2D eigenvalue weighted by Gasteiger charge is 2.37. The van der Waals surface area contributed by atoms with Gasteiger partial charge in [-0.05, 0) is 38.0 Å². The molecule has 11 heteroatoms. The van der Waals surface area contributed by atoms with Crippen LogP contribution < -0.4 is 10.1 Å². The predicted molar refractivity (Wildman–Crippen MR) is 122 cm³/mol. The van der Waals surface area contributed by atoms with Gasteiger partial charge in [-0.25, -0.2) is 29.4 Å². The molecule has 2 saturated heterocycles. The van der Waals surface area contributed by atoms with Crippen LogP contribution in [0.25, 0.3) is 5.82 Å². The third-order valence-electron chi connectivity index (χ3n) is 5.82. The second-order valence-electron chi connectivity index (χ2n) is 8.15. The lowest BCUT2D eigenvalue weighted by Gasteiger charge is -2.30. The van der Waals surface area contributed by atoms with Gasteiger partial charge in [0.1, 0.15) is 29.5 Å². The number of carbonyl (C=O) groups is 2. The summed E-state index contributed by atoms with van der Waals surface area (Å²) in [6.45, 7) is 4.07. The first kappa shape index (κ1) is 21.8. The third-order valence-corrected chi connectivity index (χ3v) is 5.82. The van der Waals surface area contributed by atoms with Crippen LogP contribution in [0.15, 0.2) is 49.2 Å². The molecule has 34 heavy (non-hydrogen) atoms. The largest absolute Gasteiger partial charge is 0.456 e. The lowest BCUT2D eigenvalue weighted by Crippen LogP contribution is -2.44. The maximum absolute atomic E-state index is 12.7. The molecule has 5 heterocycles. The van der Waals surface area contributed by atoms with Crippen molar-refractivity contribution in [1.29, 1.82) is 0 Å². The fourth-order valence-corrected chi connectivity index (χ4v) is 4.06. The summed E-state index contributed by atoms with van der Waals surface area (Å²) in [6.07, 6.45) is 8.32. The van der Waals surface area contributed by atoms with Crippen molar-refractivity contribution in [2.45, 2.75) is 25.8 Å². The molecule has 0 unspecified atom stereocenters. The number of nitrogens with one attached hydrogen (secondary N) is 1. The monoisotopic (exact) mass is 463 g/mol. The highest BCUT2D eigenvalue weighted by molar-refractivity contribution is 6.01. The van der Waals surface area contributed by atoms with Crippen molar-refractivity contribution in [3.05, 3.63) is 54.9 Å². The molecule has 1 N–H and O–H groups in total. The molecule has 3 aromatic rings. The number of rotatable bonds is 5. The van der Waals surface area contributed by atoms with E-state index in [9.17, 15) is 9.59 Å². The number of carbonyl (C=O) groups excluding carboxylic acids is 2. The Morgan fingerprint density at radius 1 is 1.12 bits per heavy atom. The lowest BCUT2D eigenvalue weighted by molar-refractivity contribution is 0.0510. The van der Waals surface area contributed by atoms with Crippen LogP contribution in [0.2, 0.25) is 0 Å². The van der Waals surface area contributed by atoms with Gasteiger partial charge in [-0.3, -0.25) is 9.88 Å². The number of ether oxygens (including phenoxy) is 2. The van der Waals surface area contributed by atoms with Gasteiger partial charge in [0.15, 0.2) is 0 Å². The number of imidazole rings is 1. The van der Waals surface area contributed by atoms with E-state index >= 15 is 0 Å². The van der Waals surface area contributed by atoms with Crippen molar-refractivity contribution >= 4 is 17.9 Å². The first-order valence-electron chi connectivity index (χ1n) is 11.1. The van der Waals surface area contributed by atoms with E-state index in [0.717, 1.165) is 18.5 Å². The quantitative estimate of drug-likeness (QED) is 0.618. The average molecular weight is 463 g/mol. The van der Waals surface area contributed by atoms with Crippen molar-refractivity contribution in [2.75, 3.05) is 31.6 Å². The molecule has 0 atom stereocenters. The third kappa shape index (κ3) is 4.69. The molecule has 0 aliphatic carbocycles. The standard InChI is InChI=1S/C23H25N7O4/c1-16-14-28(15-26-16)21-12-18(4-7-24-21)34-19-2-3-20(25-13-19)27-22(31)30-9-8-29(23(30)32)17-5-10-33-11-6-17/h2-4,7,12-15,17H,5-6,8-11H2,1H3,(H,25,27,31). The topological polar surface area (TPSA) is 115 Å². The number of aromatic nitrogens is 4. The number of imide groups is 1. The SMILES string of the molecule is Cc1cn(-c2cc(Oc3ccc(NC(=O)N4CCN(C5CCOCC5)C4=O)nc3)ccn2)cn1. The fraction of sp³-hybridized carbons (Fsp3) is 0.348. The van der Waals surface area contributed by atoms with Crippen LogP contribution in [0.4, 0.5) is 15.4 Å². The average Bonchev–Trinajstić information content (AvgIpc) is 3.47. The molecule has 0 aromatic carbocycles. The van der Waals surface area contributed by atoms with E-state index in [-0.39, 0.29) is 12.1 Å². The summed E-state index contributed by atoms with van der Waals surface area (Å²) in [6, 6.07) is 6.22. The maximum atomic E-state index is 12.7. The second-order valence-corrected chi connectivity index (χ2v) is 8.15. The molecular weight excluding hydrogens is 438 g/mol. The molecule has 2 fully saturated rings. The maximum Gasteiger partial charge on any atom is 0.331 e. The van der Waals surface area contributed by atoms with Gasteiger partial charge in [-0.1, -0.05) is 0 Å². The lowest BCUT2D eigenvalue weighted by atomic mass is 10.1. The van der Waals surface area contributed by atoms with Crippen molar-refractivity contribution in [1.82, 2.24) is 29.3 Å². The van der Waals surface area contributed by atoms with Gasteiger partial charge in [0.25, 0.3) is 0 Å². The summed E-state index contributed by atoms with van der Waals surface area (Å²) in [7, 11) is 0. The number of nitrogens with zero attached hydrogens (tertiary/aromatic N) is 6. The van der Waals surface area contributed by atoms with E-state index in [1.54, 1.807) is 41.7 Å². The zero-order chi connectivity index (χ0) is 23.5. The van der Waals surface area contributed by atoms with E-state index < -0.39 is 6.03 Å². The number of hydrogen-bond acceptors (Lipinski definition) is 7. The minimum absolute atomic E-state index is 0.125. The summed E-state index contributed by atoms with van der Waals surface area (Å²) >= 11 is 0. The highest BCUT2D eigenvalue weighted by Crippen LogP contribution is 2.24. The minimum atomic E-state index is -0.491. The number of amides is 4. The zero-order valence-corrected chi connectivity index (χ0v) is 18.8. The smallest absolute Gasteiger partial charge is 0.331 e. The molecule has 3 aromatic heterocycles. The number of pyridine rings is 2. The summed E-state index contributed by atoms with van der Waals surface area (Å²) in [5, 5.41) is 2.69. The Bertz CT molecular complexity index is 1170. The van der Waals surface area contributed by atoms with Gasteiger partial charge in [0, 0.05) is 50.8 Å².